The van der Waals surface area contributed by atoms with E-state index in [1.165, 1.54) is 17.0 Å². The number of anilines is 1. The number of para-hydroxylation sites is 1. The number of carboxylic acids is 1. The number of terminal acetylenes is 1. The highest BCUT2D eigenvalue weighted by molar-refractivity contribution is 5.78. The van der Waals surface area contributed by atoms with Gasteiger partial charge in [0.25, 0.3) is 0 Å². The topological polar surface area (TPSA) is 92.9 Å². The molecule has 0 aliphatic rings. The Kier molecular flexibility index (Phi) is 5.35. The Balaban J connectivity index is 3.32. The van der Waals surface area contributed by atoms with Gasteiger partial charge in [0.2, 0.25) is 0 Å². The van der Waals surface area contributed by atoms with Crippen LogP contribution in [-0.2, 0) is 4.79 Å². The Labute approximate surface area is 115 Å². The van der Waals surface area contributed by atoms with Crippen LogP contribution in [0.25, 0.3) is 0 Å². The van der Waals surface area contributed by atoms with Crippen LogP contribution in [0.15, 0.2) is 18.2 Å². The highest BCUT2D eigenvalue weighted by atomic mass is 16.6. The maximum atomic E-state index is 11.2. The van der Waals surface area contributed by atoms with Crippen molar-refractivity contribution in [1.29, 1.82) is 0 Å². The molecule has 0 fully saturated rings. The SMILES string of the molecule is C#CCN(CC(=O)O)c1cccc(OCC)c1[N+](=O)[O-]. The lowest BCUT2D eigenvalue weighted by atomic mass is 10.2. The van der Waals surface area contributed by atoms with Crippen molar-refractivity contribution in [1.82, 2.24) is 0 Å². The van der Waals surface area contributed by atoms with Gasteiger partial charge in [0, 0.05) is 0 Å². The highest BCUT2D eigenvalue weighted by Gasteiger charge is 2.25. The molecule has 0 unspecified atom stereocenters. The van der Waals surface area contributed by atoms with Gasteiger partial charge in [0.1, 0.15) is 12.2 Å². The molecule has 0 heterocycles. The molecular formula is C13H14N2O5. The zero-order valence-electron chi connectivity index (χ0n) is 10.9. The summed E-state index contributed by atoms with van der Waals surface area (Å²) in [6.07, 6.45) is 5.18. The number of ether oxygens (including phenoxy) is 1. The molecule has 0 aliphatic heterocycles. The molecule has 0 bridgehead atoms. The second-order valence-corrected chi connectivity index (χ2v) is 3.77. The number of aliphatic carboxylic acids is 1. The number of benzene rings is 1. The van der Waals surface area contributed by atoms with Crippen molar-refractivity contribution in [2.75, 3.05) is 24.6 Å². The Morgan fingerprint density at radius 1 is 1.60 bits per heavy atom. The lowest BCUT2D eigenvalue weighted by molar-refractivity contribution is -0.385. The largest absolute Gasteiger partial charge is 0.487 e. The Hall–Kier alpha value is -2.75. The first-order valence-electron chi connectivity index (χ1n) is 5.81. The van der Waals surface area contributed by atoms with E-state index in [0.29, 0.717) is 0 Å². The third-order valence-electron chi connectivity index (χ3n) is 2.41. The molecule has 1 aromatic rings. The summed E-state index contributed by atoms with van der Waals surface area (Å²) in [5, 5.41) is 20.1. The molecule has 0 radical (unpaired) electrons. The van der Waals surface area contributed by atoms with Crippen molar-refractivity contribution in [2.45, 2.75) is 6.92 Å². The van der Waals surface area contributed by atoms with Crippen LogP contribution < -0.4 is 9.64 Å². The van der Waals surface area contributed by atoms with Gasteiger partial charge in [-0.25, -0.2) is 0 Å². The molecule has 0 saturated heterocycles. The first kappa shape index (κ1) is 15.3. The van der Waals surface area contributed by atoms with E-state index in [0.717, 1.165) is 0 Å². The van der Waals surface area contributed by atoms with Crippen LogP contribution in [0.3, 0.4) is 0 Å². The zero-order chi connectivity index (χ0) is 15.1. The van der Waals surface area contributed by atoms with E-state index >= 15 is 0 Å². The fraction of sp³-hybridized carbons (Fsp3) is 0.308. The number of carboxylic acid groups (broad SMARTS) is 1. The molecule has 1 N–H and O–H groups in total. The Morgan fingerprint density at radius 3 is 2.80 bits per heavy atom. The second-order valence-electron chi connectivity index (χ2n) is 3.77. The number of hydrogen-bond donors (Lipinski definition) is 1. The Morgan fingerprint density at radius 2 is 2.30 bits per heavy atom. The molecule has 1 aromatic carbocycles. The maximum absolute atomic E-state index is 11.2. The minimum Gasteiger partial charge on any atom is -0.487 e. The van der Waals surface area contributed by atoms with E-state index in [1.807, 2.05) is 0 Å². The van der Waals surface area contributed by atoms with Crippen LogP contribution in [0.5, 0.6) is 5.75 Å². The number of rotatable bonds is 7. The van der Waals surface area contributed by atoms with Crippen LogP contribution in [0, 0.1) is 22.5 Å². The predicted octanol–water partition coefficient (Wildman–Crippen LogP) is 1.52. The van der Waals surface area contributed by atoms with Gasteiger partial charge in [-0.15, -0.1) is 6.42 Å². The van der Waals surface area contributed by atoms with Gasteiger partial charge in [0.05, 0.1) is 18.1 Å². The van der Waals surface area contributed by atoms with Gasteiger partial charge in [-0.3, -0.25) is 14.9 Å². The van der Waals surface area contributed by atoms with Gasteiger partial charge in [-0.2, -0.15) is 0 Å². The maximum Gasteiger partial charge on any atom is 0.333 e. The van der Waals surface area contributed by atoms with Crippen molar-refractivity contribution in [3.05, 3.63) is 28.3 Å². The number of nitro groups is 1. The van der Waals surface area contributed by atoms with Crippen LogP contribution in [0.2, 0.25) is 0 Å². The number of nitrogens with zero attached hydrogens (tertiary/aromatic N) is 2. The van der Waals surface area contributed by atoms with E-state index in [-0.39, 0.29) is 30.3 Å². The van der Waals surface area contributed by atoms with E-state index < -0.39 is 17.4 Å². The smallest absolute Gasteiger partial charge is 0.333 e. The third-order valence-corrected chi connectivity index (χ3v) is 2.41. The monoisotopic (exact) mass is 278 g/mol. The second kappa shape index (κ2) is 6.99. The molecular weight excluding hydrogens is 264 g/mol. The molecule has 106 valence electrons. The van der Waals surface area contributed by atoms with E-state index in [4.69, 9.17) is 16.3 Å². The van der Waals surface area contributed by atoms with Crippen molar-refractivity contribution >= 4 is 17.3 Å². The summed E-state index contributed by atoms with van der Waals surface area (Å²) in [7, 11) is 0. The van der Waals surface area contributed by atoms with Crippen LogP contribution in [0.4, 0.5) is 11.4 Å². The molecule has 7 nitrogen and oxygen atoms in total. The van der Waals surface area contributed by atoms with E-state index in [9.17, 15) is 14.9 Å². The zero-order valence-corrected chi connectivity index (χ0v) is 10.9. The van der Waals surface area contributed by atoms with E-state index in [1.54, 1.807) is 13.0 Å². The predicted molar refractivity (Wildman–Crippen MR) is 72.9 cm³/mol. The van der Waals surface area contributed by atoms with Crippen LogP contribution >= 0.6 is 0 Å². The minimum atomic E-state index is -1.13. The number of carbonyl (C=O) groups is 1. The van der Waals surface area contributed by atoms with Gasteiger partial charge >= 0.3 is 11.7 Å². The molecule has 1 rings (SSSR count). The molecule has 0 amide bonds. The molecule has 0 aromatic heterocycles. The quantitative estimate of drug-likeness (QED) is 0.461. The number of hydrogen-bond acceptors (Lipinski definition) is 5. The number of nitro benzene ring substituents is 1. The lowest BCUT2D eigenvalue weighted by Gasteiger charge is -2.20. The third kappa shape index (κ3) is 3.62. The van der Waals surface area contributed by atoms with Crippen molar-refractivity contribution < 1.29 is 19.6 Å². The standard InChI is InChI=1S/C13H14N2O5/c1-3-8-14(9-12(16)17)10-6-5-7-11(20-4-2)13(10)15(18)19/h1,5-7H,4,8-9H2,2H3,(H,16,17). The summed E-state index contributed by atoms with van der Waals surface area (Å²) in [4.78, 5) is 22.7. The first-order chi connectivity index (χ1) is 9.51. The van der Waals surface area contributed by atoms with Crippen molar-refractivity contribution in [3.63, 3.8) is 0 Å². The molecule has 0 aliphatic carbocycles. The normalized spacial score (nSPS) is 9.60. The minimum absolute atomic E-state index is 0.0529. The Bertz CT molecular complexity index is 550. The van der Waals surface area contributed by atoms with E-state index in [2.05, 4.69) is 5.92 Å². The van der Waals surface area contributed by atoms with Crippen molar-refractivity contribution in [3.8, 4) is 18.1 Å². The highest BCUT2D eigenvalue weighted by Crippen LogP contribution is 2.37. The van der Waals surface area contributed by atoms with Crippen LogP contribution in [0.1, 0.15) is 6.92 Å². The van der Waals surface area contributed by atoms with Gasteiger partial charge < -0.3 is 14.7 Å². The summed E-state index contributed by atoms with van der Waals surface area (Å²) in [6.45, 7) is 1.48. The summed E-state index contributed by atoms with van der Waals surface area (Å²) < 4.78 is 5.20. The van der Waals surface area contributed by atoms with Gasteiger partial charge in [-0.05, 0) is 19.1 Å². The van der Waals surface area contributed by atoms with Gasteiger partial charge in [-0.1, -0.05) is 12.0 Å². The summed E-state index contributed by atoms with van der Waals surface area (Å²) in [5.74, 6) is 1.25. The fourth-order valence-electron chi connectivity index (χ4n) is 1.72. The average molecular weight is 278 g/mol. The first-order valence-corrected chi connectivity index (χ1v) is 5.81. The summed E-state index contributed by atoms with van der Waals surface area (Å²) in [5.41, 5.74) is -0.160. The molecule has 0 saturated carbocycles. The molecule has 0 spiro atoms. The fourth-order valence-corrected chi connectivity index (χ4v) is 1.72. The molecule has 7 heteroatoms. The van der Waals surface area contributed by atoms with Crippen LogP contribution in [-0.4, -0.2) is 35.7 Å². The average Bonchev–Trinajstić information content (AvgIpc) is 2.37. The van der Waals surface area contributed by atoms with Crippen molar-refractivity contribution in [2.24, 2.45) is 0 Å². The summed E-state index contributed by atoms with van der Waals surface area (Å²) in [6, 6.07) is 4.46. The lowest BCUT2D eigenvalue weighted by Crippen LogP contribution is -2.30. The summed E-state index contributed by atoms with van der Waals surface area (Å²) >= 11 is 0. The molecule has 20 heavy (non-hydrogen) atoms. The molecule has 0 atom stereocenters. The van der Waals surface area contributed by atoms with Gasteiger partial charge in [0.15, 0.2) is 5.75 Å².